The molecule has 0 aromatic rings. The number of rotatable bonds is 33. The third kappa shape index (κ3) is 34.4. The van der Waals surface area contributed by atoms with Crippen LogP contribution in [-0.4, -0.2) is 23.1 Å². The topological polar surface area (TPSA) is 63.6 Å². The lowest BCUT2D eigenvalue weighted by molar-refractivity contribution is -0.150. The molecule has 0 heterocycles. The van der Waals surface area contributed by atoms with Crippen molar-refractivity contribution >= 4 is 11.9 Å². The lowest BCUT2D eigenvalue weighted by atomic mass is 10.0. The molecular formula is C40H70O4. The minimum atomic E-state index is -0.733. The number of carbonyl (C=O) groups is 2. The number of unbranched alkanes of at least 4 members (excludes halogenated alkanes) is 16. The molecule has 4 heteroatoms. The first-order chi connectivity index (χ1) is 21.6. The molecule has 0 aliphatic heterocycles. The number of hydrogen-bond donors (Lipinski definition) is 1. The fourth-order valence-corrected chi connectivity index (χ4v) is 5.29. The molecule has 0 fully saturated rings. The Balaban J connectivity index is 4.08. The van der Waals surface area contributed by atoms with Crippen molar-refractivity contribution in [3.63, 3.8) is 0 Å². The maximum absolute atomic E-state index is 12.5. The molecule has 0 amide bonds. The first kappa shape index (κ1) is 41.9. The molecule has 0 saturated carbocycles. The fraction of sp³-hybridized carbons (Fsp3) is 0.750. The summed E-state index contributed by atoms with van der Waals surface area (Å²) in [6.07, 6.45) is 46.9. The van der Waals surface area contributed by atoms with Crippen LogP contribution in [0.2, 0.25) is 0 Å². The molecule has 1 atom stereocenters. The Morgan fingerprint density at radius 3 is 1.41 bits per heavy atom. The highest BCUT2D eigenvalue weighted by molar-refractivity contribution is 5.69. The molecule has 1 unspecified atom stereocenters. The summed E-state index contributed by atoms with van der Waals surface area (Å²) in [6.45, 7) is 4.50. The number of ether oxygens (including phenoxy) is 1. The number of esters is 1. The molecule has 0 aromatic heterocycles. The number of allylic oxidation sites excluding steroid dienone is 8. The number of carboxylic acids is 1. The zero-order valence-corrected chi connectivity index (χ0v) is 29.0. The van der Waals surface area contributed by atoms with Gasteiger partial charge in [-0.1, -0.05) is 146 Å². The monoisotopic (exact) mass is 615 g/mol. The summed E-state index contributed by atoms with van der Waals surface area (Å²) < 4.78 is 5.90. The molecule has 254 valence electrons. The van der Waals surface area contributed by atoms with E-state index in [1.54, 1.807) is 0 Å². The third-order valence-electron chi connectivity index (χ3n) is 8.05. The van der Waals surface area contributed by atoms with Crippen LogP contribution in [0, 0.1) is 0 Å². The number of hydrogen-bond acceptors (Lipinski definition) is 3. The maximum Gasteiger partial charge on any atom is 0.306 e. The summed E-state index contributed by atoms with van der Waals surface area (Å²) in [5.41, 5.74) is 0. The molecule has 0 aliphatic rings. The molecule has 4 nitrogen and oxygen atoms in total. The van der Waals surface area contributed by atoms with Gasteiger partial charge in [0, 0.05) is 12.8 Å². The Labute approximate surface area is 272 Å². The summed E-state index contributed by atoms with van der Waals surface area (Å²) in [5.74, 6) is -0.817. The molecule has 0 saturated heterocycles. The van der Waals surface area contributed by atoms with Gasteiger partial charge in [0.2, 0.25) is 0 Å². The predicted molar refractivity (Wildman–Crippen MR) is 190 cm³/mol. The van der Waals surface area contributed by atoms with Gasteiger partial charge in [0.05, 0.1) is 0 Å². The van der Waals surface area contributed by atoms with Crippen molar-refractivity contribution in [1.29, 1.82) is 0 Å². The second kappa shape index (κ2) is 35.4. The SMILES string of the molecule is CCCCC/C=C\C/C=C\C/C=C\C/C=C\CCCC(=O)OC(CCCCCCCCCCCCC)CCCCCC(=O)O. The normalized spacial score (nSPS) is 12.8. The molecule has 0 aromatic carbocycles. The van der Waals surface area contributed by atoms with Crippen molar-refractivity contribution in [1.82, 2.24) is 0 Å². The molecule has 0 rings (SSSR count). The molecule has 1 N–H and O–H groups in total. The van der Waals surface area contributed by atoms with Gasteiger partial charge in [0.25, 0.3) is 0 Å². The van der Waals surface area contributed by atoms with E-state index in [1.165, 1.54) is 89.9 Å². The average molecular weight is 615 g/mol. The zero-order valence-electron chi connectivity index (χ0n) is 29.0. The van der Waals surface area contributed by atoms with Crippen LogP contribution in [-0.2, 0) is 14.3 Å². The van der Waals surface area contributed by atoms with Crippen molar-refractivity contribution < 1.29 is 19.4 Å². The molecule has 0 spiro atoms. The van der Waals surface area contributed by atoms with E-state index in [-0.39, 0.29) is 18.5 Å². The first-order valence-electron chi connectivity index (χ1n) is 18.6. The van der Waals surface area contributed by atoms with E-state index in [0.717, 1.165) is 64.2 Å². The summed E-state index contributed by atoms with van der Waals surface area (Å²) in [7, 11) is 0. The van der Waals surface area contributed by atoms with E-state index in [9.17, 15) is 9.59 Å². The minimum absolute atomic E-state index is 0.0255. The molecular weight excluding hydrogens is 544 g/mol. The number of carbonyl (C=O) groups excluding carboxylic acids is 1. The van der Waals surface area contributed by atoms with Crippen molar-refractivity contribution in [2.45, 2.75) is 193 Å². The highest BCUT2D eigenvalue weighted by Gasteiger charge is 2.14. The highest BCUT2D eigenvalue weighted by atomic mass is 16.5. The fourth-order valence-electron chi connectivity index (χ4n) is 5.29. The number of aliphatic carboxylic acids is 1. The molecule has 0 radical (unpaired) electrons. The van der Waals surface area contributed by atoms with E-state index in [1.807, 2.05) is 0 Å². The summed E-state index contributed by atoms with van der Waals surface area (Å²) in [5, 5.41) is 8.87. The highest BCUT2D eigenvalue weighted by Crippen LogP contribution is 2.18. The van der Waals surface area contributed by atoms with Gasteiger partial charge in [0.1, 0.15) is 6.10 Å². The van der Waals surface area contributed by atoms with Gasteiger partial charge in [-0.2, -0.15) is 0 Å². The van der Waals surface area contributed by atoms with Gasteiger partial charge in [-0.05, 0) is 77.0 Å². The lowest BCUT2D eigenvalue weighted by Crippen LogP contribution is -2.18. The molecule has 44 heavy (non-hydrogen) atoms. The van der Waals surface area contributed by atoms with Crippen LogP contribution in [0.4, 0.5) is 0 Å². The van der Waals surface area contributed by atoms with Crippen LogP contribution in [0.1, 0.15) is 187 Å². The molecule has 0 aliphatic carbocycles. The Morgan fingerprint density at radius 1 is 0.500 bits per heavy atom. The lowest BCUT2D eigenvalue weighted by Gasteiger charge is -2.18. The van der Waals surface area contributed by atoms with Crippen LogP contribution in [0.3, 0.4) is 0 Å². The molecule has 0 bridgehead atoms. The van der Waals surface area contributed by atoms with Crippen LogP contribution < -0.4 is 0 Å². The van der Waals surface area contributed by atoms with Gasteiger partial charge in [0.15, 0.2) is 0 Å². The second-order valence-electron chi connectivity index (χ2n) is 12.4. The van der Waals surface area contributed by atoms with Crippen molar-refractivity contribution in [2.75, 3.05) is 0 Å². The van der Waals surface area contributed by atoms with E-state index in [2.05, 4.69) is 62.5 Å². The average Bonchev–Trinajstić information content (AvgIpc) is 3.00. The summed E-state index contributed by atoms with van der Waals surface area (Å²) in [4.78, 5) is 23.3. The van der Waals surface area contributed by atoms with Crippen LogP contribution in [0.25, 0.3) is 0 Å². The standard InChI is InChI=1S/C40H70O4/c1-3-5-7-9-11-13-15-16-17-18-19-20-22-24-26-28-33-37-40(43)44-38(35-31-29-32-36-39(41)42)34-30-27-25-23-21-14-12-10-8-6-4-2/h11,13,16-17,19-20,24,26,38H,3-10,12,14-15,18,21-23,25,27-37H2,1-2H3,(H,41,42)/b13-11-,17-16-,20-19-,26-24-. The van der Waals surface area contributed by atoms with Gasteiger partial charge < -0.3 is 9.84 Å². The van der Waals surface area contributed by atoms with E-state index in [4.69, 9.17) is 9.84 Å². The first-order valence-corrected chi connectivity index (χ1v) is 18.6. The quantitative estimate of drug-likeness (QED) is 0.0454. The third-order valence-corrected chi connectivity index (χ3v) is 8.05. The van der Waals surface area contributed by atoms with Gasteiger partial charge >= 0.3 is 11.9 Å². The largest absolute Gasteiger partial charge is 0.481 e. The van der Waals surface area contributed by atoms with Gasteiger partial charge in [-0.15, -0.1) is 0 Å². The van der Waals surface area contributed by atoms with Gasteiger partial charge in [-0.3, -0.25) is 9.59 Å². The summed E-state index contributed by atoms with van der Waals surface area (Å²) >= 11 is 0. The van der Waals surface area contributed by atoms with Gasteiger partial charge in [-0.25, -0.2) is 0 Å². The van der Waals surface area contributed by atoms with Crippen LogP contribution in [0.5, 0.6) is 0 Å². The predicted octanol–water partition coefficient (Wildman–Crippen LogP) is 12.8. The summed E-state index contributed by atoms with van der Waals surface area (Å²) in [6, 6.07) is 0. The second-order valence-corrected chi connectivity index (χ2v) is 12.4. The smallest absolute Gasteiger partial charge is 0.306 e. The van der Waals surface area contributed by atoms with E-state index in [0.29, 0.717) is 12.8 Å². The van der Waals surface area contributed by atoms with Crippen LogP contribution >= 0.6 is 0 Å². The van der Waals surface area contributed by atoms with E-state index >= 15 is 0 Å². The zero-order chi connectivity index (χ0) is 32.2. The Hall–Kier alpha value is -2.10. The Bertz CT molecular complexity index is 748. The Morgan fingerprint density at radius 2 is 0.909 bits per heavy atom. The maximum atomic E-state index is 12.5. The van der Waals surface area contributed by atoms with Crippen LogP contribution in [0.15, 0.2) is 48.6 Å². The van der Waals surface area contributed by atoms with Crippen molar-refractivity contribution in [3.8, 4) is 0 Å². The van der Waals surface area contributed by atoms with Crippen molar-refractivity contribution in [2.24, 2.45) is 0 Å². The minimum Gasteiger partial charge on any atom is -0.481 e. The number of carboxylic acid groups (broad SMARTS) is 1. The Kier molecular flexibility index (Phi) is 33.7. The van der Waals surface area contributed by atoms with E-state index < -0.39 is 5.97 Å². The van der Waals surface area contributed by atoms with Crippen molar-refractivity contribution in [3.05, 3.63) is 48.6 Å².